The zero-order chi connectivity index (χ0) is 88.3. The van der Waals surface area contributed by atoms with E-state index in [-0.39, 0.29) is 69.7 Å². The predicted octanol–water partition coefficient (Wildman–Crippen LogP) is 9.86. The van der Waals surface area contributed by atoms with Gasteiger partial charge in [-0.15, -0.1) is 0 Å². The van der Waals surface area contributed by atoms with Crippen molar-refractivity contribution in [3.8, 4) is 12.1 Å². The predicted molar refractivity (Wildman–Crippen MR) is 469 cm³/mol. The van der Waals surface area contributed by atoms with E-state index in [1.165, 1.54) is 0 Å². The Balaban J connectivity index is 0.000000255. The zero-order valence-electron chi connectivity index (χ0n) is 77.7. The Bertz CT molecular complexity index is 3090. The summed E-state index contributed by atoms with van der Waals surface area (Å²) in [4.78, 5) is 124. The van der Waals surface area contributed by atoms with Gasteiger partial charge < -0.3 is 59.5 Å². The Hall–Kier alpha value is -5.72. The molecule has 0 atom stereocenters. The fraction of sp³-hybridized carbons (Fsp3) is 0.890. The number of nitrogens with one attached hydrogen (secondary N) is 2. The monoisotopic (exact) mass is 1680 g/mol. The van der Waals surface area contributed by atoms with Gasteiger partial charge in [0.2, 0.25) is 47.3 Å². The number of ether oxygens (including phenoxy) is 1. The Labute approximate surface area is 718 Å². The molecule has 10 heterocycles. The molecule has 682 valence electrons. The minimum absolute atomic E-state index is 0.00352. The highest BCUT2D eigenvalue weighted by atomic mass is 19.3. The smallest absolute Gasteiger partial charge is 0.257 e. The third kappa shape index (κ3) is 42.5. The fourth-order valence-corrected chi connectivity index (χ4v) is 17.2. The van der Waals surface area contributed by atoms with Crippen LogP contribution in [0, 0.1) is 56.2 Å². The summed E-state index contributed by atoms with van der Waals surface area (Å²) in [6, 6.07) is 6.76. The van der Waals surface area contributed by atoms with Crippen LogP contribution in [-0.2, 0) is 43.1 Å². The van der Waals surface area contributed by atoms with Gasteiger partial charge in [0.1, 0.15) is 0 Å². The molecule has 2 N–H and O–H groups in total. The molecule has 10 saturated heterocycles. The standard InChI is InChI=1S/C18H33N3O2.C17H29N3O.C16H31N3O2.C15H27N3O.C14H26F2N2O.C11H19N3O2/c1-18(2,3)13-16(22)21-11-7-15(8-12-21)19(4)14-17(23)20-9-5-6-10-20;1-17(2,3)12-16(21)20-10-6-15(7-11-20)19-8-4-14(13-18)5-9-19;1-16(2,3)14-15(20)19-8-6-17(7-9-19)4-5-18-10-12-21-13-11-18;1-13(2)12-15(19)18-10-6-14(7-11-18)17(3)9-5-4-8-16;1-13(2,3)9-12(19)18-7-5-11(6-8-18)17-10-14(4,15)16;1-9(15)13-5-2-10(3-6-13)14-7-4-12-11(16)8-14/h15H,5-14H2,1-4H3;14-15H,4-12H2,1-3H3;4-14H2,1-3H3;13-14H,4-7,9-12H2,1-3H3;11,17H,5-10H2,1-4H3;10H,2-8H2,1H3,(H,12,16). The highest BCUT2D eigenvalue weighted by molar-refractivity contribution is 5.80. The molecule has 0 aromatic rings. The van der Waals surface area contributed by atoms with Gasteiger partial charge in [-0.2, -0.15) is 10.5 Å². The third-order valence-electron chi connectivity index (χ3n) is 24.5. The summed E-state index contributed by atoms with van der Waals surface area (Å²) in [6.07, 6.45) is 18.8. The molecule has 10 aliphatic rings. The lowest BCUT2D eigenvalue weighted by molar-refractivity contribution is -0.136. The Morgan fingerprint density at radius 3 is 1.29 bits per heavy atom. The van der Waals surface area contributed by atoms with Crippen molar-refractivity contribution in [3.05, 3.63) is 0 Å². The van der Waals surface area contributed by atoms with Crippen LogP contribution in [0.25, 0.3) is 0 Å². The summed E-state index contributed by atoms with van der Waals surface area (Å²) in [5.41, 5.74) is 0.209. The number of morpholine rings is 1. The largest absolute Gasteiger partial charge is 0.379 e. The average Bonchev–Trinajstić information content (AvgIpc) is 1.81. The molecule has 0 radical (unpaired) electrons. The molecule has 10 fully saturated rings. The van der Waals surface area contributed by atoms with E-state index in [9.17, 15) is 47.1 Å². The molecule has 0 bridgehead atoms. The molecule has 8 amide bonds. The first-order valence-electron chi connectivity index (χ1n) is 45.8. The summed E-state index contributed by atoms with van der Waals surface area (Å²) in [7, 11) is 4.18. The van der Waals surface area contributed by atoms with E-state index in [4.69, 9.17) is 15.3 Å². The van der Waals surface area contributed by atoms with Gasteiger partial charge in [-0.3, -0.25) is 58.0 Å². The van der Waals surface area contributed by atoms with Crippen LogP contribution in [0.3, 0.4) is 0 Å². The number of carbonyl (C=O) groups excluding carboxylic acids is 8. The first-order valence-corrected chi connectivity index (χ1v) is 45.8. The normalized spacial score (nSPS) is 20.9. The van der Waals surface area contributed by atoms with Gasteiger partial charge in [0, 0.05) is 232 Å². The van der Waals surface area contributed by atoms with E-state index >= 15 is 0 Å². The molecule has 119 heavy (non-hydrogen) atoms. The maximum absolute atomic E-state index is 12.7. The number of amides is 8. The first-order chi connectivity index (χ1) is 55.9. The number of halogens is 2. The molecule has 0 saturated carbocycles. The number of likely N-dealkylation sites (tertiary alicyclic amines) is 7. The quantitative estimate of drug-likeness (QED) is 0.101. The van der Waals surface area contributed by atoms with Crippen LogP contribution < -0.4 is 10.6 Å². The topological polar surface area (TPSA) is 260 Å². The van der Waals surface area contributed by atoms with E-state index in [2.05, 4.69) is 135 Å². The first kappa shape index (κ1) is 104. The Morgan fingerprint density at radius 1 is 0.487 bits per heavy atom. The number of unbranched alkanes of at least 4 members (excludes halogenated alkanes) is 1. The second-order valence-corrected chi connectivity index (χ2v) is 40.9. The van der Waals surface area contributed by atoms with E-state index < -0.39 is 5.92 Å². The number of likely N-dealkylation sites (N-methyl/N-ethyl adjacent to an activating group) is 1. The van der Waals surface area contributed by atoms with Crippen LogP contribution in [-0.4, -0.2) is 358 Å². The zero-order valence-corrected chi connectivity index (χ0v) is 77.7. The molecule has 10 aliphatic heterocycles. The molecule has 26 nitrogen and oxygen atoms in total. The number of nitrogens with zero attached hydrogens (tertiary/aromatic N) is 15. The van der Waals surface area contributed by atoms with Crippen molar-refractivity contribution < 1.29 is 51.9 Å². The molecule has 0 aromatic carbocycles. The second-order valence-electron chi connectivity index (χ2n) is 40.9. The fourth-order valence-electron chi connectivity index (χ4n) is 17.2. The number of hydrogen-bond acceptors (Lipinski definition) is 18. The SMILES string of the molecule is CC(=O)N1CCC(N2CCNC(=O)C2)CC1.CC(C)(C)CC(=O)N1CCC(N2CCC(C#N)CC2)CC1.CC(C)(C)CC(=O)N1CCC(NCC(C)(F)F)CC1.CC(C)(C)CC(=O)N1CCN(CCN2CCOCC2)CC1.CC(C)CC(=O)N1CCC(N(C)CCCC#N)CC1.CN(CC(=O)N1CCCC1)C1CCN(C(=O)CC(C)(C)C)CC1. The molecule has 28 heteroatoms. The van der Waals surface area contributed by atoms with Crippen LogP contribution in [0.4, 0.5) is 8.78 Å². The van der Waals surface area contributed by atoms with Crippen LogP contribution in [0.2, 0.25) is 0 Å². The van der Waals surface area contributed by atoms with Gasteiger partial charge in [0.05, 0.1) is 45.0 Å². The molecule has 0 aliphatic carbocycles. The van der Waals surface area contributed by atoms with Gasteiger partial charge in [-0.25, -0.2) is 8.78 Å². The van der Waals surface area contributed by atoms with Gasteiger partial charge >= 0.3 is 0 Å². The average molecular weight is 1680 g/mol. The second kappa shape index (κ2) is 51.5. The molecular weight excluding hydrogens is 1510 g/mol. The van der Waals surface area contributed by atoms with Crippen LogP contribution in [0.5, 0.6) is 0 Å². The van der Waals surface area contributed by atoms with Gasteiger partial charge in [-0.1, -0.05) is 96.9 Å². The number of alkyl halides is 2. The number of rotatable bonds is 21. The minimum atomic E-state index is -2.67. The summed E-state index contributed by atoms with van der Waals surface area (Å²) in [6.45, 7) is 57.4. The third-order valence-corrected chi connectivity index (χ3v) is 24.5. The lowest BCUT2D eigenvalue weighted by Gasteiger charge is -2.41. The molecule has 0 spiro atoms. The summed E-state index contributed by atoms with van der Waals surface area (Å²) >= 11 is 0. The molecule has 0 aromatic heterocycles. The Kier molecular flexibility index (Phi) is 45.0. The molecular formula is C91H165F2N17O9. The van der Waals surface area contributed by atoms with Crippen molar-refractivity contribution in [1.82, 2.24) is 74.3 Å². The summed E-state index contributed by atoms with van der Waals surface area (Å²) in [5, 5.41) is 23.2. The minimum Gasteiger partial charge on any atom is -0.379 e. The number of piperazine rings is 2. The number of carbonyl (C=O) groups is 8. The molecule has 10 rings (SSSR count). The highest BCUT2D eigenvalue weighted by Gasteiger charge is 2.36. The van der Waals surface area contributed by atoms with Crippen LogP contribution in [0.1, 0.15) is 246 Å². The van der Waals surface area contributed by atoms with Crippen molar-refractivity contribution >= 4 is 47.3 Å². The maximum Gasteiger partial charge on any atom is 0.257 e. The number of piperidine rings is 6. The molecule has 0 unspecified atom stereocenters. The lowest BCUT2D eigenvalue weighted by Crippen LogP contribution is -2.54. The lowest BCUT2D eigenvalue weighted by atomic mass is 9.90. The van der Waals surface area contributed by atoms with Crippen LogP contribution >= 0.6 is 0 Å². The van der Waals surface area contributed by atoms with Gasteiger partial charge in [0.25, 0.3) is 5.92 Å². The van der Waals surface area contributed by atoms with Crippen LogP contribution in [0.15, 0.2) is 0 Å². The summed E-state index contributed by atoms with van der Waals surface area (Å²) in [5.74, 6) is -0.0439. The van der Waals surface area contributed by atoms with E-state index in [0.29, 0.717) is 113 Å². The van der Waals surface area contributed by atoms with E-state index in [1.54, 1.807) is 6.92 Å². The maximum atomic E-state index is 12.7. The summed E-state index contributed by atoms with van der Waals surface area (Å²) < 4.78 is 30.9. The van der Waals surface area contributed by atoms with Crippen molar-refractivity contribution in [2.45, 2.75) is 282 Å². The van der Waals surface area contributed by atoms with Crippen molar-refractivity contribution in [3.63, 3.8) is 0 Å². The number of hydrogen-bond donors (Lipinski definition) is 2. The van der Waals surface area contributed by atoms with Crippen molar-refractivity contribution in [2.24, 2.45) is 33.5 Å². The Morgan fingerprint density at radius 2 is 0.882 bits per heavy atom. The van der Waals surface area contributed by atoms with Crippen molar-refractivity contribution in [2.75, 3.05) is 211 Å². The van der Waals surface area contributed by atoms with Gasteiger partial charge in [-0.05, 0) is 158 Å². The van der Waals surface area contributed by atoms with E-state index in [0.717, 1.165) is 267 Å². The van der Waals surface area contributed by atoms with E-state index in [1.807, 2.05) is 62.1 Å². The number of nitriles is 2. The van der Waals surface area contributed by atoms with Gasteiger partial charge in [0.15, 0.2) is 0 Å². The van der Waals surface area contributed by atoms with Crippen molar-refractivity contribution in [1.29, 1.82) is 10.5 Å². The highest BCUT2D eigenvalue weighted by Crippen LogP contribution is 2.30.